The van der Waals surface area contributed by atoms with Crippen molar-refractivity contribution in [2.75, 3.05) is 19.7 Å². The van der Waals surface area contributed by atoms with Crippen LogP contribution in [0.25, 0.3) is 0 Å². The average Bonchev–Trinajstić information content (AvgIpc) is 2.59. The van der Waals surface area contributed by atoms with Gasteiger partial charge in [0.25, 0.3) is 0 Å². The summed E-state index contributed by atoms with van der Waals surface area (Å²) in [5.74, 6) is 0.234. The van der Waals surface area contributed by atoms with Gasteiger partial charge >= 0.3 is 0 Å². The van der Waals surface area contributed by atoms with E-state index < -0.39 is 5.60 Å². The number of nitrogens with one attached hydrogen (secondary N) is 1. The molecule has 1 aliphatic rings. The summed E-state index contributed by atoms with van der Waals surface area (Å²) in [6.07, 6.45) is 1.88. The van der Waals surface area contributed by atoms with Crippen molar-refractivity contribution in [3.05, 3.63) is 0 Å². The SMILES string of the molecule is CC1OCCC1(O)CNCCCC(N)=NO. The first kappa shape index (κ1) is 13.2. The molecule has 0 amide bonds. The molecule has 1 aliphatic heterocycles. The Labute approximate surface area is 95.5 Å². The van der Waals surface area contributed by atoms with Crippen molar-refractivity contribution >= 4 is 5.84 Å². The second-order valence-electron chi connectivity index (χ2n) is 4.24. The summed E-state index contributed by atoms with van der Waals surface area (Å²) in [4.78, 5) is 0. The zero-order valence-electron chi connectivity index (χ0n) is 9.65. The summed E-state index contributed by atoms with van der Waals surface area (Å²) in [5, 5.41) is 24.5. The molecular weight excluding hydrogens is 210 g/mol. The van der Waals surface area contributed by atoms with E-state index in [2.05, 4.69) is 10.5 Å². The Morgan fingerprint density at radius 3 is 3.00 bits per heavy atom. The highest BCUT2D eigenvalue weighted by Gasteiger charge is 2.38. The standard InChI is InChI=1S/C10H21N3O3/c1-8-10(14,4-6-16-8)7-12-5-2-3-9(11)13-15/h8,12,14-15H,2-7H2,1H3,(H2,11,13). The van der Waals surface area contributed by atoms with Crippen LogP contribution in [0.2, 0.25) is 0 Å². The van der Waals surface area contributed by atoms with Crippen molar-refractivity contribution in [3.8, 4) is 0 Å². The second kappa shape index (κ2) is 6.03. The van der Waals surface area contributed by atoms with Gasteiger partial charge in [-0.2, -0.15) is 0 Å². The molecule has 0 aromatic heterocycles. The number of nitrogens with zero attached hydrogens (tertiary/aromatic N) is 1. The molecule has 0 aliphatic carbocycles. The summed E-state index contributed by atoms with van der Waals surface area (Å²) < 4.78 is 5.32. The fourth-order valence-electron chi connectivity index (χ4n) is 1.75. The maximum absolute atomic E-state index is 10.1. The van der Waals surface area contributed by atoms with Gasteiger partial charge in [-0.15, -0.1) is 0 Å². The Kier molecular flexibility index (Phi) is 4.98. The zero-order chi connectivity index (χ0) is 12.0. The van der Waals surface area contributed by atoms with E-state index in [9.17, 15) is 5.11 Å². The lowest BCUT2D eigenvalue weighted by molar-refractivity contribution is -0.0259. The predicted molar refractivity (Wildman–Crippen MR) is 60.5 cm³/mol. The Morgan fingerprint density at radius 1 is 1.69 bits per heavy atom. The molecular formula is C10H21N3O3. The third kappa shape index (κ3) is 3.62. The summed E-state index contributed by atoms with van der Waals surface area (Å²) in [6, 6.07) is 0. The van der Waals surface area contributed by atoms with Gasteiger partial charge in [-0.1, -0.05) is 5.16 Å². The predicted octanol–water partition coefficient (Wildman–Crippen LogP) is -0.357. The Hall–Kier alpha value is -0.850. The molecule has 16 heavy (non-hydrogen) atoms. The molecule has 6 heteroatoms. The van der Waals surface area contributed by atoms with E-state index in [1.807, 2.05) is 6.92 Å². The van der Waals surface area contributed by atoms with Gasteiger partial charge in [-0.25, -0.2) is 0 Å². The van der Waals surface area contributed by atoms with Gasteiger partial charge in [0, 0.05) is 26.0 Å². The number of aliphatic hydroxyl groups is 1. The first-order valence-electron chi connectivity index (χ1n) is 5.59. The Balaban J connectivity index is 2.11. The van der Waals surface area contributed by atoms with Crippen LogP contribution in [0.15, 0.2) is 5.16 Å². The number of oxime groups is 1. The van der Waals surface area contributed by atoms with E-state index in [0.29, 0.717) is 26.0 Å². The Morgan fingerprint density at radius 2 is 2.44 bits per heavy atom. The molecule has 0 bridgehead atoms. The van der Waals surface area contributed by atoms with Crippen LogP contribution in [0.3, 0.4) is 0 Å². The molecule has 1 rings (SSSR count). The van der Waals surface area contributed by atoms with Crippen LogP contribution in [0.4, 0.5) is 0 Å². The first-order valence-corrected chi connectivity index (χ1v) is 5.59. The lowest BCUT2D eigenvalue weighted by Crippen LogP contribution is -2.46. The minimum Gasteiger partial charge on any atom is -0.409 e. The maximum atomic E-state index is 10.1. The van der Waals surface area contributed by atoms with Gasteiger partial charge in [0.15, 0.2) is 0 Å². The highest BCUT2D eigenvalue weighted by atomic mass is 16.5. The highest BCUT2D eigenvalue weighted by Crippen LogP contribution is 2.24. The highest BCUT2D eigenvalue weighted by molar-refractivity contribution is 5.79. The molecule has 5 N–H and O–H groups in total. The van der Waals surface area contributed by atoms with Crippen LogP contribution in [-0.4, -0.2) is 47.6 Å². The minimum absolute atomic E-state index is 0.121. The van der Waals surface area contributed by atoms with Crippen molar-refractivity contribution in [1.82, 2.24) is 5.32 Å². The summed E-state index contributed by atoms with van der Waals surface area (Å²) in [5.41, 5.74) is 4.57. The van der Waals surface area contributed by atoms with Crippen LogP contribution < -0.4 is 11.1 Å². The van der Waals surface area contributed by atoms with Crippen LogP contribution in [0.1, 0.15) is 26.2 Å². The molecule has 1 heterocycles. The summed E-state index contributed by atoms with van der Waals surface area (Å²) in [6.45, 7) is 3.74. The maximum Gasteiger partial charge on any atom is 0.139 e. The van der Waals surface area contributed by atoms with Crippen molar-refractivity contribution in [1.29, 1.82) is 0 Å². The van der Waals surface area contributed by atoms with Gasteiger partial charge in [0.2, 0.25) is 0 Å². The lowest BCUT2D eigenvalue weighted by Gasteiger charge is -2.26. The molecule has 0 aromatic rings. The normalized spacial score (nSPS) is 30.9. The first-order chi connectivity index (χ1) is 7.58. The topological polar surface area (TPSA) is 100 Å². The molecule has 1 saturated heterocycles. The fraction of sp³-hybridized carbons (Fsp3) is 0.900. The van der Waals surface area contributed by atoms with Crippen molar-refractivity contribution in [2.45, 2.75) is 37.9 Å². The van der Waals surface area contributed by atoms with Crippen molar-refractivity contribution in [2.24, 2.45) is 10.9 Å². The molecule has 1 fully saturated rings. The number of nitrogens with two attached hydrogens (primary N) is 1. The monoisotopic (exact) mass is 231 g/mol. The quantitative estimate of drug-likeness (QED) is 0.164. The zero-order valence-corrected chi connectivity index (χ0v) is 9.65. The van der Waals surface area contributed by atoms with Gasteiger partial charge in [-0.3, -0.25) is 0 Å². The number of rotatable bonds is 6. The van der Waals surface area contributed by atoms with Gasteiger partial charge in [0.05, 0.1) is 6.10 Å². The van der Waals surface area contributed by atoms with E-state index >= 15 is 0 Å². The molecule has 0 aromatic carbocycles. The minimum atomic E-state index is -0.753. The number of hydrogen-bond donors (Lipinski definition) is 4. The van der Waals surface area contributed by atoms with Crippen LogP contribution in [-0.2, 0) is 4.74 Å². The van der Waals surface area contributed by atoms with E-state index in [1.165, 1.54) is 0 Å². The van der Waals surface area contributed by atoms with E-state index in [1.54, 1.807) is 0 Å². The summed E-state index contributed by atoms with van der Waals surface area (Å²) in [7, 11) is 0. The fourth-order valence-corrected chi connectivity index (χ4v) is 1.75. The smallest absolute Gasteiger partial charge is 0.139 e. The molecule has 94 valence electrons. The van der Waals surface area contributed by atoms with Gasteiger partial charge in [-0.05, 0) is 19.9 Å². The number of amidine groups is 1. The lowest BCUT2D eigenvalue weighted by atomic mass is 9.97. The van der Waals surface area contributed by atoms with E-state index in [0.717, 1.165) is 13.0 Å². The van der Waals surface area contributed by atoms with E-state index in [-0.39, 0.29) is 11.9 Å². The van der Waals surface area contributed by atoms with Crippen LogP contribution in [0, 0.1) is 0 Å². The number of hydrogen-bond acceptors (Lipinski definition) is 5. The number of ether oxygens (including phenoxy) is 1. The third-order valence-electron chi connectivity index (χ3n) is 3.01. The molecule has 2 atom stereocenters. The molecule has 2 unspecified atom stereocenters. The third-order valence-corrected chi connectivity index (χ3v) is 3.01. The van der Waals surface area contributed by atoms with Gasteiger partial charge in [0.1, 0.15) is 11.4 Å². The molecule has 0 radical (unpaired) electrons. The second-order valence-corrected chi connectivity index (χ2v) is 4.24. The van der Waals surface area contributed by atoms with Crippen LogP contribution >= 0.6 is 0 Å². The summed E-state index contributed by atoms with van der Waals surface area (Å²) >= 11 is 0. The van der Waals surface area contributed by atoms with Crippen LogP contribution in [0.5, 0.6) is 0 Å². The van der Waals surface area contributed by atoms with E-state index in [4.69, 9.17) is 15.7 Å². The Bertz CT molecular complexity index is 247. The van der Waals surface area contributed by atoms with Gasteiger partial charge < -0.3 is 26.1 Å². The largest absolute Gasteiger partial charge is 0.409 e. The molecule has 0 saturated carbocycles. The van der Waals surface area contributed by atoms with Crippen molar-refractivity contribution < 1.29 is 15.1 Å². The molecule has 6 nitrogen and oxygen atoms in total. The average molecular weight is 231 g/mol. The van der Waals surface area contributed by atoms with Crippen molar-refractivity contribution in [3.63, 3.8) is 0 Å². The molecule has 0 spiro atoms.